The van der Waals surface area contributed by atoms with Crippen molar-refractivity contribution in [1.29, 1.82) is 0 Å². The van der Waals surface area contributed by atoms with Gasteiger partial charge in [-0.15, -0.1) is 0 Å². The summed E-state index contributed by atoms with van der Waals surface area (Å²) < 4.78 is 4.86. The highest BCUT2D eigenvalue weighted by Crippen LogP contribution is 2.15. The Hall–Kier alpha value is -0.810. The average molecular weight is 243 g/mol. The number of hydrogen-bond donors (Lipinski definition) is 1. The van der Waals surface area contributed by atoms with Gasteiger partial charge in [0.25, 0.3) is 0 Å². The predicted molar refractivity (Wildman–Crippen MR) is 68.2 cm³/mol. The third kappa shape index (κ3) is 4.52. The van der Waals surface area contributed by atoms with Crippen molar-refractivity contribution < 1.29 is 9.53 Å². The van der Waals surface area contributed by atoms with Crippen molar-refractivity contribution >= 4 is 6.09 Å². The van der Waals surface area contributed by atoms with Gasteiger partial charge in [0.05, 0.1) is 6.61 Å². The van der Waals surface area contributed by atoms with E-state index in [1.165, 1.54) is 0 Å². The zero-order valence-electron chi connectivity index (χ0n) is 11.5. The van der Waals surface area contributed by atoms with Crippen LogP contribution in [0.4, 0.5) is 4.79 Å². The number of nitrogens with one attached hydrogen (secondary N) is 1. The molecule has 0 saturated carbocycles. The number of carbonyl (C=O) groups excluding carboxylic acids is 1. The van der Waals surface area contributed by atoms with Gasteiger partial charge in [0.15, 0.2) is 0 Å². The van der Waals surface area contributed by atoms with Crippen molar-refractivity contribution in [3.63, 3.8) is 0 Å². The lowest BCUT2D eigenvalue weighted by atomic mass is 10.0. The van der Waals surface area contributed by atoms with Crippen LogP contribution in [0.2, 0.25) is 0 Å². The number of rotatable bonds is 4. The van der Waals surface area contributed by atoms with Crippen LogP contribution in [0.3, 0.4) is 0 Å². The van der Waals surface area contributed by atoms with Gasteiger partial charge in [-0.25, -0.2) is 4.79 Å². The first-order valence-corrected chi connectivity index (χ1v) is 6.30. The van der Waals surface area contributed by atoms with E-state index in [4.69, 9.17) is 4.74 Å². The Bertz CT molecular complexity index is 248. The summed E-state index contributed by atoms with van der Waals surface area (Å²) in [6.45, 7) is 11.4. The summed E-state index contributed by atoms with van der Waals surface area (Å²) >= 11 is 0. The number of hydrogen-bond acceptors (Lipinski definition) is 4. The lowest BCUT2D eigenvalue weighted by Crippen LogP contribution is -2.57. The van der Waals surface area contributed by atoms with Gasteiger partial charge in [0, 0.05) is 38.3 Å². The molecule has 0 bridgehead atoms. The van der Waals surface area contributed by atoms with Crippen molar-refractivity contribution in [2.45, 2.75) is 26.3 Å². The Morgan fingerprint density at radius 2 is 1.88 bits per heavy atom. The van der Waals surface area contributed by atoms with E-state index in [0.717, 1.165) is 26.2 Å². The Morgan fingerprint density at radius 1 is 1.29 bits per heavy atom. The standard InChI is InChI=1S/C12H25N3O2/c1-5-17-11(16)13-10-12(2,3)15-8-6-14(4)7-9-15/h5-10H2,1-4H3,(H,13,16). The zero-order chi connectivity index (χ0) is 12.9. The molecule has 0 radical (unpaired) electrons. The summed E-state index contributed by atoms with van der Waals surface area (Å²) in [5, 5.41) is 2.82. The first kappa shape index (κ1) is 14.3. The molecule has 100 valence electrons. The molecule has 1 N–H and O–H groups in total. The number of ether oxygens (including phenoxy) is 1. The molecule has 1 amide bonds. The highest BCUT2D eigenvalue weighted by atomic mass is 16.5. The van der Waals surface area contributed by atoms with Crippen molar-refractivity contribution in [3.05, 3.63) is 0 Å². The number of piperazine rings is 1. The van der Waals surface area contributed by atoms with Crippen LogP contribution < -0.4 is 5.32 Å². The topological polar surface area (TPSA) is 44.8 Å². The Morgan fingerprint density at radius 3 is 2.41 bits per heavy atom. The van der Waals surface area contributed by atoms with Crippen molar-refractivity contribution in [3.8, 4) is 0 Å². The highest BCUT2D eigenvalue weighted by Gasteiger charge is 2.29. The van der Waals surface area contributed by atoms with E-state index >= 15 is 0 Å². The third-order valence-electron chi connectivity index (χ3n) is 3.30. The third-order valence-corrected chi connectivity index (χ3v) is 3.30. The lowest BCUT2D eigenvalue weighted by molar-refractivity contribution is 0.0601. The van der Waals surface area contributed by atoms with E-state index in [1.807, 2.05) is 6.92 Å². The normalized spacial score (nSPS) is 19.1. The molecule has 0 spiro atoms. The van der Waals surface area contributed by atoms with Crippen molar-refractivity contribution in [2.75, 3.05) is 46.4 Å². The van der Waals surface area contributed by atoms with E-state index in [1.54, 1.807) is 0 Å². The molecule has 1 fully saturated rings. The minimum atomic E-state index is -0.324. The van der Waals surface area contributed by atoms with Crippen LogP contribution in [-0.2, 0) is 4.74 Å². The minimum Gasteiger partial charge on any atom is -0.450 e. The molecule has 1 rings (SSSR count). The van der Waals surface area contributed by atoms with Gasteiger partial charge in [-0.05, 0) is 27.8 Å². The number of likely N-dealkylation sites (N-methyl/N-ethyl adjacent to an activating group) is 1. The molecule has 5 heteroatoms. The van der Waals surface area contributed by atoms with Crippen LogP contribution in [0.25, 0.3) is 0 Å². The molecule has 0 atom stereocenters. The number of amides is 1. The molecule has 17 heavy (non-hydrogen) atoms. The SMILES string of the molecule is CCOC(=O)NCC(C)(C)N1CCN(C)CC1. The first-order chi connectivity index (χ1) is 7.95. The van der Waals surface area contributed by atoms with Gasteiger partial charge in [-0.3, -0.25) is 4.90 Å². The summed E-state index contributed by atoms with van der Waals surface area (Å²) in [6.07, 6.45) is -0.324. The van der Waals surface area contributed by atoms with Crippen LogP contribution in [0.5, 0.6) is 0 Å². The van der Waals surface area contributed by atoms with Gasteiger partial charge in [-0.2, -0.15) is 0 Å². The molecule has 0 aromatic rings. The van der Waals surface area contributed by atoms with Gasteiger partial charge in [0.1, 0.15) is 0 Å². The second-order valence-corrected chi connectivity index (χ2v) is 5.18. The van der Waals surface area contributed by atoms with Crippen LogP contribution >= 0.6 is 0 Å². The first-order valence-electron chi connectivity index (χ1n) is 6.30. The fraction of sp³-hybridized carbons (Fsp3) is 0.917. The highest BCUT2D eigenvalue weighted by molar-refractivity contribution is 5.67. The molecule has 0 aromatic carbocycles. The van der Waals surface area contributed by atoms with Crippen molar-refractivity contribution in [1.82, 2.24) is 15.1 Å². The molecule has 1 saturated heterocycles. The van der Waals surface area contributed by atoms with Gasteiger partial charge in [-0.1, -0.05) is 0 Å². The largest absolute Gasteiger partial charge is 0.450 e. The van der Waals surface area contributed by atoms with Crippen LogP contribution in [0, 0.1) is 0 Å². The van der Waals surface area contributed by atoms with Crippen LogP contribution in [0.15, 0.2) is 0 Å². The zero-order valence-corrected chi connectivity index (χ0v) is 11.5. The summed E-state index contributed by atoms with van der Waals surface area (Å²) in [5.74, 6) is 0. The van der Waals surface area contributed by atoms with Crippen LogP contribution in [-0.4, -0.2) is 67.8 Å². The predicted octanol–water partition coefficient (Wildman–Crippen LogP) is 0.759. The summed E-state index contributed by atoms with van der Waals surface area (Å²) in [5.41, 5.74) is -0.0198. The van der Waals surface area contributed by atoms with E-state index in [0.29, 0.717) is 13.2 Å². The van der Waals surface area contributed by atoms with Crippen molar-refractivity contribution in [2.24, 2.45) is 0 Å². The van der Waals surface area contributed by atoms with Gasteiger partial charge < -0.3 is 15.0 Å². The fourth-order valence-corrected chi connectivity index (χ4v) is 1.99. The van der Waals surface area contributed by atoms with E-state index < -0.39 is 0 Å². The van der Waals surface area contributed by atoms with Gasteiger partial charge >= 0.3 is 6.09 Å². The van der Waals surface area contributed by atoms with Gasteiger partial charge in [0.2, 0.25) is 0 Å². The summed E-state index contributed by atoms with van der Waals surface area (Å²) in [6, 6.07) is 0. The fourth-order valence-electron chi connectivity index (χ4n) is 1.99. The maximum absolute atomic E-state index is 11.3. The molecular formula is C12H25N3O2. The Kier molecular flexibility index (Phi) is 5.21. The average Bonchev–Trinajstić information content (AvgIpc) is 2.28. The molecule has 0 aromatic heterocycles. The van der Waals surface area contributed by atoms with E-state index in [2.05, 4.69) is 36.0 Å². The summed E-state index contributed by atoms with van der Waals surface area (Å²) in [4.78, 5) is 16.0. The molecule has 1 heterocycles. The smallest absolute Gasteiger partial charge is 0.407 e. The molecule has 0 aliphatic carbocycles. The number of carbonyl (C=O) groups is 1. The lowest BCUT2D eigenvalue weighted by Gasteiger charge is -2.43. The monoisotopic (exact) mass is 243 g/mol. The number of alkyl carbamates (subject to hydrolysis) is 1. The molecule has 1 aliphatic heterocycles. The second kappa shape index (κ2) is 6.21. The van der Waals surface area contributed by atoms with Crippen LogP contribution in [0.1, 0.15) is 20.8 Å². The quantitative estimate of drug-likeness (QED) is 0.792. The molecule has 0 unspecified atom stereocenters. The number of nitrogens with zero attached hydrogens (tertiary/aromatic N) is 2. The molecule has 5 nitrogen and oxygen atoms in total. The van der Waals surface area contributed by atoms with E-state index in [-0.39, 0.29) is 11.6 Å². The maximum atomic E-state index is 11.3. The summed E-state index contributed by atoms with van der Waals surface area (Å²) in [7, 11) is 2.14. The van der Waals surface area contributed by atoms with E-state index in [9.17, 15) is 4.79 Å². The molecule has 1 aliphatic rings. The Balaban J connectivity index is 2.36. The Labute approximate surface area is 104 Å². The molecular weight excluding hydrogens is 218 g/mol. The minimum absolute atomic E-state index is 0.0198. The second-order valence-electron chi connectivity index (χ2n) is 5.18. The maximum Gasteiger partial charge on any atom is 0.407 e.